The maximum Gasteiger partial charge on any atom is 0.309 e. The molecule has 2 N–H and O–H groups in total. The van der Waals surface area contributed by atoms with E-state index in [0.29, 0.717) is 12.8 Å². The van der Waals surface area contributed by atoms with Crippen LogP contribution in [0.2, 0.25) is 0 Å². The number of carbonyl (C=O) groups is 4. The van der Waals surface area contributed by atoms with E-state index in [0.717, 1.165) is 14.2 Å². The van der Waals surface area contributed by atoms with Crippen LogP contribution in [0.3, 0.4) is 0 Å². The first-order valence-corrected chi connectivity index (χ1v) is 6.96. The molecular weight excluding hydrogens is 296 g/mol. The number of carboxylic acids is 2. The average molecular weight is 314 g/mol. The lowest BCUT2D eigenvalue weighted by Gasteiger charge is -2.51. The molecular formula is C14H18O8. The SMILES string of the molecule is COC(=O)C1C2CCC(C1C(=O)O)C(C(=O)O)C2C(=O)OC. The van der Waals surface area contributed by atoms with Crippen molar-refractivity contribution in [2.45, 2.75) is 12.8 Å². The molecule has 4 unspecified atom stereocenters. The van der Waals surface area contributed by atoms with Crippen LogP contribution >= 0.6 is 0 Å². The summed E-state index contributed by atoms with van der Waals surface area (Å²) in [4.78, 5) is 47.2. The van der Waals surface area contributed by atoms with Gasteiger partial charge < -0.3 is 19.7 Å². The van der Waals surface area contributed by atoms with Gasteiger partial charge in [-0.05, 0) is 24.7 Å². The number of carbonyl (C=O) groups excluding carboxylic acids is 2. The quantitative estimate of drug-likeness (QED) is 0.694. The van der Waals surface area contributed by atoms with Crippen LogP contribution in [-0.4, -0.2) is 48.3 Å². The summed E-state index contributed by atoms with van der Waals surface area (Å²) in [6, 6.07) is 0. The Morgan fingerprint density at radius 1 is 0.727 bits per heavy atom. The summed E-state index contributed by atoms with van der Waals surface area (Å²) >= 11 is 0. The van der Waals surface area contributed by atoms with Crippen molar-refractivity contribution in [1.29, 1.82) is 0 Å². The zero-order valence-corrected chi connectivity index (χ0v) is 12.2. The maximum absolute atomic E-state index is 12.0. The third-order valence-corrected chi connectivity index (χ3v) is 4.97. The van der Waals surface area contributed by atoms with Crippen LogP contribution in [0, 0.1) is 35.5 Å². The Labute approximate surface area is 126 Å². The Bertz CT molecular complexity index is 471. The molecule has 0 aliphatic heterocycles. The van der Waals surface area contributed by atoms with Crippen LogP contribution in [0.4, 0.5) is 0 Å². The zero-order chi connectivity index (χ0) is 16.6. The fourth-order valence-corrected chi connectivity index (χ4v) is 4.20. The highest BCUT2D eigenvalue weighted by molar-refractivity contribution is 5.88. The number of hydrogen-bond donors (Lipinski definition) is 2. The molecule has 3 saturated carbocycles. The lowest BCUT2D eigenvalue weighted by molar-refractivity contribution is -0.191. The summed E-state index contributed by atoms with van der Waals surface area (Å²) < 4.78 is 9.36. The van der Waals surface area contributed by atoms with E-state index in [2.05, 4.69) is 9.47 Å². The molecule has 3 fully saturated rings. The largest absolute Gasteiger partial charge is 0.481 e. The van der Waals surface area contributed by atoms with Crippen LogP contribution < -0.4 is 0 Å². The third kappa shape index (κ3) is 2.32. The molecule has 4 atom stereocenters. The summed E-state index contributed by atoms with van der Waals surface area (Å²) in [6.07, 6.45) is 0.747. The van der Waals surface area contributed by atoms with E-state index < -0.39 is 59.4 Å². The van der Waals surface area contributed by atoms with Gasteiger partial charge in [-0.25, -0.2) is 0 Å². The highest BCUT2D eigenvalue weighted by Gasteiger charge is 2.63. The van der Waals surface area contributed by atoms with E-state index in [9.17, 15) is 29.4 Å². The standard InChI is InChI=1S/C14H18O8/c1-21-13(19)9-6-4-3-5(7(9)11(15)16)8(12(17)18)10(6)14(20)22-2/h5-10H,3-4H2,1-2H3,(H,15,16)(H,17,18). The van der Waals surface area contributed by atoms with E-state index in [1.165, 1.54) is 0 Å². The Kier molecular flexibility index (Phi) is 4.39. The van der Waals surface area contributed by atoms with E-state index in [-0.39, 0.29) is 0 Å². The molecule has 3 aliphatic carbocycles. The van der Waals surface area contributed by atoms with Crippen molar-refractivity contribution < 1.29 is 38.9 Å². The van der Waals surface area contributed by atoms with Gasteiger partial charge in [0.05, 0.1) is 37.9 Å². The normalized spacial score (nSPS) is 36.5. The summed E-state index contributed by atoms with van der Waals surface area (Å²) in [5.41, 5.74) is 0. The highest BCUT2D eigenvalue weighted by atomic mass is 16.5. The lowest BCUT2D eigenvalue weighted by Crippen LogP contribution is -2.59. The van der Waals surface area contributed by atoms with E-state index >= 15 is 0 Å². The number of aliphatic carboxylic acids is 2. The summed E-state index contributed by atoms with van der Waals surface area (Å²) in [5, 5.41) is 18.9. The number of ether oxygens (including phenoxy) is 2. The summed E-state index contributed by atoms with van der Waals surface area (Å²) in [5.74, 6) is -9.79. The van der Waals surface area contributed by atoms with E-state index in [4.69, 9.17) is 0 Å². The fraction of sp³-hybridized carbons (Fsp3) is 0.714. The lowest BCUT2D eigenvalue weighted by atomic mass is 9.50. The molecule has 0 saturated heterocycles. The van der Waals surface area contributed by atoms with Gasteiger partial charge in [0.1, 0.15) is 0 Å². The molecule has 0 heterocycles. The van der Waals surface area contributed by atoms with Crippen LogP contribution in [0.15, 0.2) is 0 Å². The number of hydrogen-bond acceptors (Lipinski definition) is 6. The maximum atomic E-state index is 12.0. The Morgan fingerprint density at radius 3 is 1.32 bits per heavy atom. The van der Waals surface area contributed by atoms with Gasteiger partial charge in [-0.15, -0.1) is 0 Å². The van der Waals surface area contributed by atoms with Gasteiger partial charge in [0.25, 0.3) is 0 Å². The van der Waals surface area contributed by atoms with Crippen molar-refractivity contribution in [2.75, 3.05) is 14.2 Å². The van der Waals surface area contributed by atoms with Gasteiger partial charge >= 0.3 is 23.9 Å². The molecule has 2 bridgehead atoms. The molecule has 0 aromatic carbocycles. The average Bonchev–Trinajstić information content (AvgIpc) is 2.51. The van der Waals surface area contributed by atoms with Crippen molar-refractivity contribution in [3.8, 4) is 0 Å². The predicted octanol–water partition coefficient (Wildman–Crippen LogP) is 0.00620. The van der Waals surface area contributed by atoms with Crippen molar-refractivity contribution >= 4 is 23.9 Å². The highest BCUT2D eigenvalue weighted by Crippen LogP contribution is 2.55. The first-order valence-electron chi connectivity index (χ1n) is 6.96. The van der Waals surface area contributed by atoms with Gasteiger partial charge in [-0.2, -0.15) is 0 Å². The second kappa shape index (κ2) is 5.94. The first kappa shape index (κ1) is 16.3. The van der Waals surface area contributed by atoms with E-state index in [1.807, 2.05) is 0 Å². The zero-order valence-electron chi connectivity index (χ0n) is 12.2. The number of methoxy groups -OCH3 is 2. The second-order valence-corrected chi connectivity index (χ2v) is 5.73. The number of carboxylic acid groups (broad SMARTS) is 2. The number of esters is 2. The van der Waals surface area contributed by atoms with Crippen molar-refractivity contribution in [2.24, 2.45) is 35.5 Å². The molecule has 122 valence electrons. The molecule has 3 aliphatic rings. The Morgan fingerprint density at radius 2 is 1.05 bits per heavy atom. The molecule has 0 radical (unpaired) electrons. The van der Waals surface area contributed by atoms with Crippen LogP contribution in [0.1, 0.15) is 12.8 Å². The molecule has 22 heavy (non-hydrogen) atoms. The minimum atomic E-state index is -1.24. The van der Waals surface area contributed by atoms with Crippen LogP contribution in [-0.2, 0) is 28.7 Å². The Hall–Kier alpha value is -2.12. The molecule has 0 aromatic heterocycles. The van der Waals surface area contributed by atoms with Crippen molar-refractivity contribution in [3.63, 3.8) is 0 Å². The van der Waals surface area contributed by atoms with E-state index in [1.54, 1.807) is 0 Å². The minimum absolute atomic E-state index is 0.347. The molecule has 8 heteroatoms. The molecule has 0 spiro atoms. The number of rotatable bonds is 4. The fourth-order valence-electron chi connectivity index (χ4n) is 4.20. The Balaban J connectivity index is 2.51. The monoisotopic (exact) mass is 314 g/mol. The van der Waals surface area contributed by atoms with Gasteiger partial charge in [-0.3, -0.25) is 19.2 Å². The van der Waals surface area contributed by atoms with Gasteiger partial charge in [0.2, 0.25) is 0 Å². The second-order valence-electron chi connectivity index (χ2n) is 5.73. The number of fused-ring (bicyclic) bond motifs is 3. The molecule has 0 aromatic rings. The van der Waals surface area contributed by atoms with Gasteiger partial charge in [0.15, 0.2) is 0 Å². The summed E-state index contributed by atoms with van der Waals surface area (Å²) in [7, 11) is 2.29. The predicted molar refractivity (Wildman–Crippen MR) is 69.5 cm³/mol. The first-order chi connectivity index (χ1) is 10.3. The molecule has 0 amide bonds. The summed E-state index contributed by atoms with van der Waals surface area (Å²) in [6.45, 7) is 0. The topological polar surface area (TPSA) is 127 Å². The minimum Gasteiger partial charge on any atom is -0.481 e. The van der Waals surface area contributed by atoms with Crippen LogP contribution in [0.5, 0.6) is 0 Å². The molecule has 8 nitrogen and oxygen atoms in total. The smallest absolute Gasteiger partial charge is 0.309 e. The van der Waals surface area contributed by atoms with Gasteiger partial charge in [0, 0.05) is 0 Å². The molecule has 3 rings (SSSR count). The third-order valence-electron chi connectivity index (χ3n) is 4.97. The van der Waals surface area contributed by atoms with Gasteiger partial charge in [-0.1, -0.05) is 0 Å². The van der Waals surface area contributed by atoms with Crippen LogP contribution in [0.25, 0.3) is 0 Å². The van der Waals surface area contributed by atoms with Crippen molar-refractivity contribution in [3.05, 3.63) is 0 Å². The van der Waals surface area contributed by atoms with Crippen molar-refractivity contribution in [1.82, 2.24) is 0 Å².